The number of nitrogen functional groups attached to an aromatic ring is 1. The highest BCUT2D eigenvalue weighted by molar-refractivity contribution is 6.35. The Bertz CT molecular complexity index is 513. The van der Waals surface area contributed by atoms with E-state index in [0.717, 1.165) is 11.1 Å². The van der Waals surface area contributed by atoms with Crippen molar-refractivity contribution in [3.8, 4) is 0 Å². The summed E-state index contributed by atoms with van der Waals surface area (Å²) in [5.74, 6) is -0.828. The number of piperazine rings is 1. The van der Waals surface area contributed by atoms with Gasteiger partial charge in [0.25, 0.3) is 0 Å². The van der Waals surface area contributed by atoms with Crippen LogP contribution in [0, 0.1) is 6.92 Å². The highest BCUT2D eigenvalue weighted by Gasteiger charge is 2.31. The normalized spacial score (nSPS) is 16.1. The SMILES string of the molecule is CCN1CCN(Cc2cccc(N)c2C)C(=O)C1=O. The molecular formula is C14H19N3O2. The van der Waals surface area contributed by atoms with Gasteiger partial charge in [0.05, 0.1) is 0 Å². The van der Waals surface area contributed by atoms with Crippen LogP contribution >= 0.6 is 0 Å². The molecule has 1 heterocycles. The lowest BCUT2D eigenvalue weighted by molar-refractivity contribution is -0.156. The van der Waals surface area contributed by atoms with Crippen LogP contribution in [-0.2, 0) is 16.1 Å². The zero-order valence-electron chi connectivity index (χ0n) is 11.3. The standard InChI is InChI=1S/C14H19N3O2/c1-3-16-7-8-17(14(19)13(16)18)9-11-5-4-6-12(15)10(11)2/h4-6H,3,7-9,15H2,1-2H3. The first-order chi connectivity index (χ1) is 9.04. The van der Waals surface area contributed by atoms with Crippen molar-refractivity contribution in [2.45, 2.75) is 20.4 Å². The molecule has 0 aliphatic carbocycles. The van der Waals surface area contributed by atoms with Crippen molar-refractivity contribution in [2.75, 3.05) is 25.4 Å². The fourth-order valence-electron chi connectivity index (χ4n) is 2.25. The fraction of sp³-hybridized carbons (Fsp3) is 0.429. The molecule has 1 aliphatic heterocycles. The summed E-state index contributed by atoms with van der Waals surface area (Å²) in [5.41, 5.74) is 8.53. The molecule has 1 aromatic rings. The first kappa shape index (κ1) is 13.4. The molecule has 0 bridgehead atoms. The van der Waals surface area contributed by atoms with Crippen LogP contribution in [0.25, 0.3) is 0 Å². The number of carbonyl (C=O) groups excluding carboxylic acids is 2. The number of anilines is 1. The van der Waals surface area contributed by atoms with Crippen molar-refractivity contribution in [3.63, 3.8) is 0 Å². The Morgan fingerprint density at radius 3 is 2.47 bits per heavy atom. The summed E-state index contributed by atoms with van der Waals surface area (Å²) in [7, 11) is 0. The van der Waals surface area contributed by atoms with Gasteiger partial charge in [-0.1, -0.05) is 12.1 Å². The fourth-order valence-corrected chi connectivity index (χ4v) is 2.25. The Morgan fingerprint density at radius 2 is 1.79 bits per heavy atom. The summed E-state index contributed by atoms with van der Waals surface area (Å²) in [4.78, 5) is 27.0. The topological polar surface area (TPSA) is 66.6 Å². The lowest BCUT2D eigenvalue weighted by Crippen LogP contribution is -2.53. The molecule has 5 nitrogen and oxygen atoms in total. The van der Waals surface area contributed by atoms with E-state index in [9.17, 15) is 9.59 Å². The number of carbonyl (C=O) groups is 2. The number of rotatable bonds is 3. The number of hydrogen-bond acceptors (Lipinski definition) is 3. The highest BCUT2D eigenvalue weighted by Crippen LogP contribution is 2.18. The molecule has 1 aliphatic rings. The molecule has 1 aromatic carbocycles. The Hall–Kier alpha value is -2.04. The van der Waals surface area contributed by atoms with Gasteiger partial charge in [-0.3, -0.25) is 9.59 Å². The predicted molar refractivity (Wildman–Crippen MR) is 73.3 cm³/mol. The summed E-state index contributed by atoms with van der Waals surface area (Å²) in [6, 6.07) is 5.64. The van der Waals surface area contributed by atoms with Crippen LogP contribution in [0.5, 0.6) is 0 Å². The molecule has 19 heavy (non-hydrogen) atoms. The summed E-state index contributed by atoms with van der Waals surface area (Å²) in [5, 5.41) is 0. The van der Waals surface area contributed by atoms with Crippen LogP contribution in [0.1, 0.15) is 18.1 Å². The molecule has 2 amide bonds. The van der Waals surface area contributed by atoms with Gasteiger partial charge in [-0.05, 0) is 31.0 Å². The highest BCUT2D eigenvalue weighted by atomic mass is 16.2. The zero-order valence-corrected chi connectivity index (χ0v) is 11.3. The van der Waals surface area contributed by atoms with E-state index in [0.29, 0.717) is 31.9 Å². The average molecular weight is 261 g/mol. The van der Waals surface area contributed by atoms with E-state index in [2.05, 4.69) is 0 Å². The van der Waals surface area contributed by atoms with E-state index < -0.39 is 11.8 Å². The second-order valence-electron chi connectivity index (χ2n) is 4.74. The van der Waals surface area contributed by atoms with Crippen molar-refractivity contribution in [2.24, 2.45) is 0 Å². The number of benzene rings is 1. The Morgan fingerprint density at radius 1 is 1.16 bits per heavy atom. The van der Waals surface area contributed by atoms with Crippen LogP contribution in [0.2, 0.25) is 0 Å². The average Bonchev–Trinajstić information content (AvgIpc) is 2.40. The molecule has 1 fully saturated rings. The molecule has 0 saturated carbocycles. The lowest BCUT2D eigenvalue weighted by Gasteiger charge is -2.33. The molecule has 102 valence electrons. The van der Waals surface area contributed by atoms with Gasteiger partial charge in [-0.2, -0.15) is 0 Å². The first-order valence-corrected chi connectivity index (χ1v) is 6.46. The Balaban J connectivity index is 2.14. The maximum absolute atomic E-state index is 12.0. The van der Waals surface area contributed by atoms with Gasteiger partial charge >= 0.3 is 11.8 Å². The van der Waals surface area contributed by atoms with Crippen LogP contribution in [0.3, 0.4) is 0 Å². The number of likely N-dealkylation sites (N-methyl/N-ethyl adjacent to an activating group) is 1. The van der Waals surface area contributed by atoms with Crippen molar-refractivity contribution in [1.29, 1.82) is 0 Å². The van der Waals surface area contributed by atoms with Crippen molar-refractivity contribution < 1.29 is 9.59 Å². The van der Waals surface area contributed by atoms with Gasteiger partial charge in [0.2, 0.25) is 0 Å². The van der Waals surface area contributed by atoms with E-state index >= 15 is 0 Å². The van der Waals surface area contributed by atoms with Crippen LogP contribution in [0.4, 0.5) is 5.69 Å². The minimum absolute atomic E-state index is 0.407. The third-order valence-corrected chi connectivity index (χ3v) is 3.63. The molecule has 2 rings (SSSR count). The van der Waals surface area contributed by atoms with Gasteiger partial charge in [0.15, 0.2) is 0 Å². The largest absolute Gasteiger partial charge is 0.399 e. The van der Waals surface area contributed by atoms with Gasteiger partial charge < -0.3 is 15.5 Å². The van der Waals surface area contributed by atoms with E-state index in [1.54, 1.807) is 9.80 Å². The maximum Gasteiger partial charge on any atom is 0.312 e. The number of nitrogens with zero attached hydrogens (tertiary/aromatic N) is 2. The number of hydrogen-bond donors (Lipinski definition) is 1. The Labute approximate surface area is 113 Å². The monoisotopic (exact) mass is 261 g/mol. The van der Waals surface area contributed by atoms with Gasteiger partial charge in [0.1, 0.15) is 0 Å². The zero-order chi connectivity index (χ0) is 14.0. The molecule has 5 heteroatoms. The summed E-state index contributed by atoms with van der Waals surface area (Å²) < 4.78 is 0. The van der Waals surface area contributed by atoms with Crippen LogP contribution in [-0.4, -0.2) is 41.2 Å². The summed E-state index contributed by atoms with van der Waals surface area (Å²) in [6.45, 7) is 6.01. The van der Waals surface area contributed by atoms with E-state index in [-0.39, 0.29) is 0 Å². The molecule has 0 spiro atoms. The van der Waals surface area contributed by atoms with E-state index in [4.69, 9.17) is 5.73 Å². The van der Waals surface area contributed by atoms with Crippen molar-refractivity contribution in [1.82, 2.24) is 9.80 Å². The van der Waals surface area contributed by atoms with E-state index in [1.807, 2.05) is 32.0 Å². The summed E-state index contributed by atoms with van der Waals surface area (Å²) in [6.07, 6.45) is 0. The molecule has 0 radical (unpaired) electrons. The third kappa shape index (κ3) is 2.54. The van der Waals surface area contributed by atoms with Crippen LogP contribution < -0.4 is 5.73 Å². The molecular weight excluding hydrogens is 242 g/mol. The molecule has 0 aromatic heterocycles. The molecule has 0 unspecified atom stereocenters. The van der Waals surface area contributed by atoms with Crippen molar-refractivity contribution in [3.05, 3.63) is 29.3 Å². The molecule has 0 atom stereocenters. The quantitative estimate of drug-likeness (QED) is 0.645. The third-order valence-electron chi connectivity index (χ3n) is 3.63. The van der Waals surface area contributed by atoms with Gasteiger partial charge in [0, 0.05) is 31.9 Å². The second-order valence-corrected chi connectivity index (χ2v) is 4.74. The maximum atomic E-state index is 12.0. The van der Waals surface area contributed by atoms with E-state index in [1.165, 1.54) is 0 Å². The minimum atomic E-state index is -0.421. The minimum Gasteiger partial charge on any atom is -0.399 e. The smallest absolute Gasteiger partial charge is 0.312 e. The number of amides is 2. The molecule has 2 N–H and O–H groups in total. The number of nitrogens with two attached hydrogens (primary N) is 1. The first-order valence-electron chi connectivity index (χ1n) is 6.46. The van der Waals surface area contributed by atoms with Gasteiger partial charge in [-0.15, -0.1) is 0 Å². The van der Waals surface area contributed by atoms with Gasteiger partial charge in [-0.25, -0.2) is 0 Å². The second kappa shape index (κ2) is 5.30. The summed E-state index contributed by atoms with van der Waals surface area (Å²) >= 11 is 0. The van der Waals surface area contributed by atoms with Crippen molar-refractivity contribution >= 4 is 17.5 Å². The predicted octanol–water partition coefficient (Wildman–Crippen LogP) is 0.768. The lowest BCUT2D eigenvalue weighted by atomic mass is 10.1. The Kier molecular flexibility index (Phi) is 3.74. The van der Waals surface area contributed by atoms with Crippen LogP contribution in [0.15, 0.2) is 18.2 Å². The molecule has 1 saturated heterocycles.